The molecule has 3 N–H and O–H groups in total. The first-order valence-electron chi connectivity index (χ1n) is 3.96. The van der Waals surface area contributed by atoms with Crippen molar-refractivity contribution < 1.29 is 9.53 Å². The van der Waals surface area contributed by atoms with E-state index in [1.165, 1.54) is 0 Å². The molecule has 0 aliphatic rings. The van der Waals surface area contributed by atoms with Crippen LogP contribution in [-0.4, -0.2) is 25.8 Å². The highest BCUT2D eigenvalue weighted by atomic mass is 16.5. The molecule has 0 saturated carbocycles. The molecule has 4 heteroatoms. The Morgan fingerprint density at radius 3 is 2.42 bits per heavy atom. The lowest BCUT2D eigenvalue weighted by atomic mass is 9.99. The summed E-state index contributed by atoms with van der Waals surface area (Å²) in [6.45, 7) is 6.36. The Bertz CT molecular complexity index is 152. The fourth-order valence-electron chi connectivity index (χ4n) is 0.495. The second kappa shape index (κ2) is 4.42. The zero-order valence-corrected chi connectivity index (χ0v) is 8.18. The molecule has 0 bridgehead atoms. The summed E-state index contributed by atoms with van der Waals surface area (Å²) in [6.07, 6.45) is -0.715. The monoisotopic (exact) mass is 174 g/mol. The van der Waals surface area contributed by atoms with Crippen LogP contribution < -0.4 is 11.1 Å². The standard InChI is InChI=1S/C8H18N2O2/c1-8(2,3)5-12-7(11)6(9)10-4/h6,10H,5,9H2,1-4H3/t6-/m1/s1. The zero-order valence-electron chi connectivity index (χ0n) is 8.18. The van der Waals surface area contributed by atoms with E-state index in [-0.39, 0.29) is 5.41 Å². The van der Waals surface area contributed by atoms with E-state index in [1.54, 1.807) is 7.05 Å². The predicted molar refractivity (Wildman–Crippen MR) is 47.4 cm³/mol. The Morgan fingerprint density at radius 2 is 2.08 bits per heavy atom. The zero-order chi connectivity index (χ0) is 9.78. The molecule has 1 atom stereocenters. The van der Waals surface area contributed by atoms with Crippen molar-refractivity contribution in [3.8, 4) is 0 Å². The maximum absolute atomic E-state index is 11.0. The van der Waals surface area contributed by atoms with Crippen LogP contribution in [0.15, 0.2) is 0 Å². The van der Waals surface area contributed by atoms with Gasteiger partial charge in [0.25, 0.3) is 0 Å². The molecule has 0 amide bonds. The van der Waals surface area contributed by atoms with Gasteiger partial charge in [-0.25, -0.2) is 4.79 Å². The second-order valence-corrected chi connectivity index (χ2v) is 3.93. The number of carbonyl (C=O) groups excluding carboxylic acids is 1. The number of rotatable bonds is 3. The molecule has 0 aromatic heterocycles. The Morgan fingerprint density at radius 1 is 1.58 bits per heavy atom. The molecule has 0 spiro atoms. The average molecular weight is 174 g/mol. The van der Waals surface area contributed by atoms with E-state index in [1.807, 2.05) is 20.8 Å². The van der Waals surface area contributed by atoms with Crippen molar-refractivity contribution in [2.75, 3.05) is 13.7 Å². The molecule has 0 fully saturated rings. The van der Waals surface area contributed by atoms with E-state index in [4.69, 9.17) is 10.5 Å². The first-order valence-corrected chi connectivity index (χ1v) is 3.96. The first kappa shape index (κ1) is 11.4. The van der Waals surface area contributed by atoms with Gasteiger partial charge in [-0.2, -0.15) is 0 Å². The lowest BCUT2D eigenvalue weighted by molar-refractivity contribution is -0.148. The summed E-state index contributed by atoms with van der Waals surface area (Å²) in [7, 11) is 1.61. The molecule has 0 aromatic carbocycles. The minimum atomic E-state index is -0.715. The van der Waals surface area contributed by atoms with Gasteiger partial charge in [-0.1, -0.05) is 20.8 Å². The van der Waals surface area contributed by atoms with Crippen LogP contribution in [0.25, 0.3) is 0 Å². The van der Waals surface area contributed by atoms with Crippen molar-refractivity contribution in [1.82, 2.24) is 5.32 Å². The highest BCUT2D eigenvalue weighted by molar-refractivity contribution is 5.74. The number of nitrogens with two attached hydrogens (primary N) is 1. The van der Waals surface area contributed by atoms with Crippen LogP contribution in [0.2, 0.25) is 0 Å². The van der Waals surface area contributed by atoms with Gasteiger partial charge in [-0.05, 0) is 12.5 Å². The van der Waals surface area contributed by atoms with Gasteiger partial charge >= 0.3 is 5.97 Å². The third kappa shape index (κ3) is 5.09. The van der Waals surface area contributed by atoms with Gasteiger partial charge in [0.05, 0.1) is 6.61 Å². The number of nitrogens with one attached hydrogen (secondary N) is 1. The fraction of sp³-hybridized carbons (Fsp3) is 0.875. The summed E-state index contributed by atoms with van der Waals surface area (Å²) in [4.78, 5) is 11.0. The molecule has 12 heavy (non-hydrogen) atoms. The Balaban J connectivity index is 3.72. The molecule has 0 heterocycles. The molecule has 0 radical (unpaired) electrons. The van der Waals surface area contributed by atoms with E-state index < -0.39 is 12.1 Å². The summed E-state index contributed by atoms with van der Waals surface area (Å²) in [5.41, 5.74) is 5.35. The molecule has 0 aliphatic carbocycles. The minimum Gasteiger partial charge on any atom is -0.463 e. The van der Waals surface area contributed by atoms with Crippen LogP contribution >= 0.6 is 0 Å². The first-order chi connectivity index (χ1) is 5.37. The molecule has 0 unspecified atom stereocenters. The molecule has 0 aromatic rings. The summed E-state index contributed by atoms with van der Waals surface area (Å²) in [5.74, 6) is -0.410. The van der Waals surface area contributed by atoms with E-state index in [2.05, 4.69) is 5.32 Å². The van der Waals surface area contributed by atoms with Gasteiger partial charge in [0.2, 0.25) is 0 Å². The van der Waals surface area contributed by atoms with Crippen LogP contribution in [-0.2, 0) is 9.53 Å². The number of ether oxygens (including phenoxy) is 1. The molecular formula is C8H18N2O2. The Hall–Kier alpha value is -0.610. The van der Waals surface area contributed by atoms with Gasteiger partial charge in [-0.15, -0.1) is 0 Å². The maximum Gasteiger partial charge on any atom is 0.337 e. The third-order valence-electron chi connectivity index (χ3n) is 1.21. The molecule has 0 aliphatic heterocycles. The van der Waals surface area contributed by atoms with Gasteiger partial charge in [0, 0.05) is 0 Å². The molecule has 4 nitrogen and oxygen atoms in total. The van der Waals surface area contributed by atoms with Gasteiger partial charge in [0.15, 0.2) is 6.17 Å². The Kier molecular flexibility index (Phi) is 4.20. The molecule has 0 saturated heterocycles. The van der Waals surface area contributed by atoms with E-state index in [9.17, 15) is 4.79 Å². The number of hydrogen-bond acceptors (Lipinski definition) is 4. The maximum atomic E-state index is 11.0. The van der Waals surface area contributed by atoms with E-state index in [0.717, 1.165) is 0 Å². The van der Waals surface area contributed by atoms with Crippen LogP contribution in [0.5, 0.6) is 0 Å². The van der Waals surface area contributed by atoms with E-state index in [0.29, 0.717) is 6.61 Å². The molecule has 72 valence electrons. The lowest BCUT2D eigenvalue weighted by Gasteiger charge is -2.19. The quantitative estimate of drug-likeness (QED) is 0.470. The average Bonchev–Trinajstić information content (AvgIpc) is 1.97. The second-order valence-electron chi connectivity index (χ2n) is 3.93. The van der Waals surface area contributed by atoms with Gasteiger partial charge in [-0.3, -0.25) is 5.32 Å². The summed E-state index contributed by atoms with van der Waals surface area (Å²) >= 11 is 0. The van der Waals surface area contributed by atoms with Crippen molar-refractivity contribution in [1.29, 1.82) is 0 Å². The lowest BCUT2D eigenvalue weighted by Crippen LogP contribution is -2.44. The SMILES string of the molecule is CN[C@@H](N)C(=O)OCC(C)(C)C. The van der Waals surface area contributed by atoms with Crippen molar-refractivity contribution in [3.05, 3.63) is 0 Å². The normalized spacial score (nSPS) is 14.1. The topological polar surface area (TPSA) is 64.3 Å². The summed E-state index contributed by atoms with van der Waals surface area (Å²) in [5, 5.41) is 2.60. The third-order valence-corrected chi connectivity index (χ3v) is 1.21. The highest BCUT2D eigenvalue weighted by Crippen LogP contribution is 2.12. The number of likely N-dealkylation sites (N-methyl/N-ethyl adjacent to an activating group) is 1. The van der Waals surface area contributed by atoms with Crippen LogP contribution in [0.4, 0.5) is 0 Å². The predicted octanol–water partition coefficient (Wildman–Crippen LogP) is 0.0799. The van der Waals surface area contributed by atoms with Gasteiger partial charge < -0.3 is 10.5 Å². The van der Waals surface area contributed by atoms with Crippen LogP contribution in [0.3, 0.4) is 0 Å². The molecule has 0 rings (SSSR count). The number of esters is 1. The Labute approximate surface area is 73.5 Å². The van der Waals surface area contributed by atoms with Crippen molar-refractivity contribution >= 4 is 5.97 Å². The van der Waals surface area contributed by atoms with Gasteiger partial charge in [0.1, 0.15) is 0 Å². The fourth-order valence-corrected chi connectivity index (χ4v) is 0.495. The minimum absolute atomic E-state index is 0.0108. The summed E-state index contributed by atoms with van der Waals surface area (Å²) in [6, 6.07) is 0. The smallest absolute Gasteiger partial charge is 0.337 e. The highest BCUT2D eigenvalue weighted by Gasteiger charge is 2.17. The van der Waals surface area contributed by atoms with E-state index >= 15 is 0 Å². The van der Waals surface area contributed by atoms with Crippen molar-refractivity contribution in [3.63, 3.8) is 0 Å². The van der Waals surface area contributed by atoms with Crippen LogP contribution in [0, 0.1) is 5.41 Å². The summed E-state index contributed by atoms with van der Waals surface area (Å²) < 4.78 is 4.93. The molecular weight excluding hydrogens is 156 g/mol. The largest absolute Gasteiger partial charge is 0.463 e. The number of carbonyl (C=O) groups is 1. The van der Waals surface area contributed by atoms with Crippen molar-refractivity contribution in [2.24, 2.45) is 11.1 Å². The number of hydrogen-bond donors (Lipinski definition) is 2. The van der Waals surface area contributed by atoms with Crippen molar-refractivity contribution in [2.45, 2.75) is 26.9 Å². The van der Waals surface area contributed by atoms with Crippen LogP contribution in [0.1, 0.15) is 20.8 Å².